The van der Waals surface area contributed by atoms with Gasteiger partial charge in [0.2, 0.25) is 0 Å². The van der Waals surface area contributed by atoms with Crippen LogP contribution in [0.2, 0.25) is 0 Å². The molecule has 0 unspecified atom stereocenters. The van der Waals surface area contributed by atoms with Crippen molar-refractivity contribution >= 4 is 5.97 Å². The normalized spacial score (nSPS) is 23.2. The summed E-state index contributed by atoms with van der Waals surface area (Å²) in [5, 5.41) is 0. The van der Waals surface area contributed by atoms with Gasteiger partial charge in [0.05, 0.1) is 12.7 Å². The van der Waals surface area contributed by atoms with E-state index in [4.69, 9.17) is 14.2 Å². The first-order valence-corrected chi connectivity index (χ1v) is 5.26. The molecular weight excluding hydrogens is 196 g/mol. The van der Waals surface area contributed by atoms with Crippen LogP contribution in [0, 0.1) is 5.92 Å². The third kappa shape index (κ3) is 3.91. The van der Waals surface area contributed by atoms with Crippen molar-refractivity contribution in [3.63, 3.8) is 0 Å². The van der Waals surface area contributed by atoms with Crippen molar-refractivity contribution in [1.82, 2.24) is 0 Å². The van der Waals surface area contributed by atoms with Crippen LogP contribution in [0.1, 0.15) is 27.2 Å². The van der Waals surface area contributed by atoms with Crippen LogP contribution in [0.25, 0.3) is 0 Å². The highest BCUT2D eigenvalue weighted by molar-refractivity contribution is 5.82. The van der Waals surface area contributed by atoms with Gasteiger partial charge in [-0.25, -0.2) is 4.79 Å². The van der Waals surface area contributed by atoms with Crippen molar-refractivity contribution in [2.45, 2.75) is 33.3 Å². The first kappa shape index (κ1) is 12.0. The second-order valence-electron chi connectivity index (χ2n) is 3.85. The summed E-state index contributed by atoms with van der Waals surface area (Å²) in [6, 6.07) is 0. The Bertz CT molecular complexity index is 245. The SMILES string of the molecule is CCOC(=O)/C=C1/OCO[C@H]1CC(C)C. The fraction of sp³-hybridized carbons (Fsp3) is 0.727. The van der Waals surface area contributed by atoms with Crippen molar-refractivity contribution in [3.8, 4) is 0 Å². The van der Waals surface area contributed by atoms with Crippen LogP contribution in [-0.4, -0.2) is 25.5 Å². The van der Waals surface area contributed by atoms with E-state index in [0.29, 0.717) is 18.3 Å². The average molecular weight is 214 g/mol. The van der Waals surface area contributed by atoms with Gasteiger partial charge in [-0.2, -0.15) is 0 Å². The zero-order valence-corrected chi connectivity index (χ0v) is 9.49. The van der Waals surface area contributed by atoms with Gasteiger partial charge in [0.1, 0.15) is 11.9 Å². The molecule has 0 amide bonds. The smallest absolute Gasteiger partial charge is 0.334 e. The predicted molar refractivity (Wildman–Crippen MR) is 55.0 cm³/mol. The molecule has 0 aliphatic carbocycles. The summed E-state index contributed by atoms with van der Waals surface area (Å²) in [7, 11) is 0. The molecule has 1 heterocycles. The summed E-state index contributed by atoms with van der Waals surface area (Å²) >= 11 is 0. The fourth-order valence-electron chi connectivity index (χ4n) is 1.41. The van der Waals surface area contributed by atoms with Crippen LogP contribution in [0.3, 0.4) is 0 Å². The third-order valence-electron chi connectivity index (χ3n) is 2.04. The Balaban J connectivity index is 2.55. The van der Waals surface area contributed by atoms with Crippen LogP contribution in [0.5, 0.6) is 0 Å². The highest BCUT2D eigenvalue weighted by atomic mass is 16.7. The first-order chi connectivity index (χ1) is 7.13. The monoisotopic (exact) mass is 214 g/mol. The van der Waals surface area contributed by atoms with Crippen molar-refractivity contribution in [3.05, 3.63) is 11.8 Å². The maximum absolute atomic E-state index is 11.2. The third-order valence-corrected chi connectivity index (χ3v) is 2.04. The van der Waals surface area contributed by atoms with E-state index in [0.717, 1.165) is 6.42 Å². The topological polar surface area (TPSA) is 44.8 Å². The lowest BCUT2D eigenvalue weighted by Crippen LogP contribution is -2.13. The lowest BCUT2D eigenvalue weighted by atomic mass is 10.0. The van der Waals surface area contributed by atoms with Crippen LogP contribution >= 0.6 is 0 Å². The van der Waals surface area contributed by atoms with Crippen LogP contribution in [-0.2, 0) is 19.0 Å². The molecule has 0 saturated carbocycles. The van der Waals surface area contributed by atoms with E-state index >= 15 is 0 Å². The van der Waals surface area contributed by atoms with E-state index in [1.165, 1.54) is 6.08 Å². The largest absolute Gasteiger partial charge is 0.469 e. The highest BCUT2D eigenvalue weighted by Gasteiger charge is 2.25. The number of carbonyl (C=O) groups excluding carboxylic acids is 1. The van der Waals surface area contributed by atoms with E-state index in [9.17, 15) is 4.79 Å². The molecule has 0 aromatic carbocycles. The number of carbonyl (C=O) groups is 1. The Morgan fingerprint density at radius 3 is 3.00 bits per heavy atom. The number of ether oxygens (including phenoxy) is 3. The molecule has 0 aromatic heterocycles. The molecule has 1 saturated heterocycles. The van der Waals surface area contributed by atoms with E-state index in [2.05, 4.69) is 13.8 Å². The lowest BCUT2D eigenvalue weighted by molar-refractivity contribution is -0.137. The van der Waals surface area contributed by atoms with Crippen molar-refractivity contribution < 1.29 is 19.0 Å². The van der Waals surface area contributed by atoms with Gasteiger partial charge < -0.3 is 14.2 Å². The van der Waals surface area contributed by atoms with E-state index < -0.39 is 0 Å². The predicted octanol–water partition coefficient (Wildman–Crippen LogP) is 1.85. The molecule has 0 radical (unpaired) electrons. The molecular formula is C11H18O4. The Morgan fingerprint density at radius 1 is 1.67 bits per heavy atom. The summed E-state index contributed by atoms with van der Waals surface area (Å²) in [6.07, 6.45) is 2.13. The molecule has 0 bridgehead atoms. The zero-order chi connectivity index (χ0) is 11.3. The zero-order valence-electron chi connectivity index (χ0n) is 9.49. The van der Waals surface area contributed by atoms with Crippen molar-refractivity contribution in [1.29, 1.82) is 0 Å². The van der Waals surface area contributed by atoms with Gasteiger partial charge in [-0.1, -0.05) is 13.8 Å². The average Bonchev–Trinajstić information content (AvgIpc) is 2.52. The maximum Gasteiger partial charge on any atom is 0.334 e. The quantitative estimate of drug-likeness (QED) is 0.529. The second kappa shape index (κ2) is 5.75. The molecule has 86 valence electrons. The van der Waals surface area contributed by atoms with Gasteiger partial charge in [0.25, 0.3) is 0 Å². The number of hydrogen-bond donors (Lipinski definition) is 0. The van der Waals surface area contributed by atoms with Crippen molar-refractivity contribution in [2.24, 2.45) is 5.92 Å². The van der Waals surface area contributed by atoms with E-state index in [1.54, 1.807) is 6.92 Å². The standard InChI is InChI=1S/C11H18O4/c1-4-13-11(12)6-10-9(5-8(2)3)14-7-15-10/h6,8-9H,4-5,7H2,1-3H3/b10-6+/t9-/m0/s1. The van der Waals surface area contributed by atoms with Crippen molar-refractivity contribution in [2.75, 3.05) is 13.4 Å². The molecule has 1 atom stereocenters. The van der Waals surface area contributed by atoms with Gasteiger partial charge >= 0.3 is 5.97 Å². The van der Waals surface area contributed by atoms with E-state index in [1.807, 2.05) is 0 Å². The van der Waals surface area contributed by atoms with Gasteiger partial charge in [-0.15, -0.1) is 0 Å². The molecule has 0 N–H and O–H groups in total. The number of esters is 1. The summed E-state index contributed by atoms with van der Waals surface area (Å²) in [5.41, 5.74) is 0. The number of hydrogen-bond acceptors (Lipinski definition) is 4. The molecule has 0 aromatic rings. The Labute approximate surface area is 90.2 Å². The molecule has 1 aliphatic rings. The first-order valence-electron chi connectivity index (χ1n) is 5.26. The molecule has 4 heteroatoms. The molecule has 15 heavy (non-hydrogen) atoms. The minimum absolute atomic E-state index is 0.102. The fourth-order valence-corrected chi connectivity index (χ4v) is 1.41. The summed E-state index contributed by atoms with van der Waals surface area (Å²) in [4.78, 5) is 11.2. The summed E-state index contributed by atoms with van der Waals surface area (Å²) in [6.45, 7) is 6.57. The lowest BCUT2D eigenvalue weighted by Gasteiger charge is -2.10. The van der Waals surface area contributed by atoms with Gasteiger partial charge in [-0.05, 0) is 19.3 Å². The molecule has 0 spiro atoms. The maximum atomic E-state index is 11.2. The van der Waals surface area contributed by atoms with Gasteiger partial charge in [0.15, 0.2) is 6.79 Å². The number of rotatable bonds is 4. The summed E-state index contributed by atoms with van der Waals surface area (Å²) in [5.74, 6) is 0.719. The van der Waals surface area contributed by atoms with Gasteiger partial charge in [-0.3, -0.25) is 0 Å². The van der Waals surface area contributed by atoms with Crippen LogP contribution in [0.15, 0.2) is 11.8 Å². The Hall–Kier alpha value is -1.03. The minimum Gasteiger partial charge on any atom is -0.469 e. The van der Waals surface area contributed by atoms with E-state index in [-0.39, 0.29) is 18.9 Å². The Morgan fingerprint density at radius 2 is 2.40 bits per heavy atom. The molecule has 1 aliphatic heterocycles. The highest BCUT2D eigenvalue weighted by Crippen LogP contribution is 2.23. The van der Waals surface area contributed by atoms with Crippen LogP contribution < -0.4 is 0 Å². The molecule has 1 rings (SSSR count). The summed E-state index contributed by atoms with van der Waals surface area (Å²) < 4.78 is 15.4. The Kier molecular flexibility index (Phi) is 4.62. The molecule has 1 fully saturated rings. The second-order valence-corrected chi connectivity index (χ2v) is 3.85. The van der Waals surface area contributed by atoms with Crippen LogP contribution in [0.4, 0.5) is 0 Å². The molecule has 4 nitrogen and oxygen atoms in total. The van der Waals surface area contributed by atoms with Gasteiger partial charge in [0, 0.05) is 0 Å². The minimum atomic E-state index is -0.369.